The SMILES string of the molecule is CC[n+]1c(SCC(=O)N/N=C/c2c([O-])ccc3ccccc23)n[nH]c1-c1ccc(C)cc1. The number of rotatable bonds is 7. The molecular weight excluding hydrogens is 422 g/mol. The fourth-order valence-electron chi connectivity index (χ4n) is 3.39. The van der Waals surface area contributed by atoms with Crippen molar-refractivity contribution >= 4 is 34.7 Å². The maximum atomic E-state index is 12.3. The molecule has 32 heavy (non-hydrogen) atoms. The number of carbonyl (C=O) groups is 1. The second-order valence-corrected chi connectivity index (χ2v) is 8.19. The average molecular weight is 446 g/mol. The molecule has 1 aromatic heterocycles. The lowest BCUT2D eigenvalue weighted by atomic mass is 10.0. The first-order valence-electron chi connectivity index (χ1n) is 10.3. The fraction of sp³-hybridized carbons (Fsp3) is 0.167. The van der Waals surface area contributed by atoms with Crippen molar-refractivity contribution in [2.45, 2.75) is 25.5 Å². The maximum Gasteiger partial charge on any atom is 0.337 e. The Labute approximate surface area is 190 Å². The van der Waals surface area contributed by atoms with Crippen LogP contribution in [0.2, 0.25) is 0 Å². The van der Waals surface area contributed by atoms with Gasteiger partial charge in [0, 0.05) is 0 Å². The summed E-state index contributed by atoms with van der Waals surface area (Å²) in [5.41, 5.74) is 5.18. The van der Waals surface area contributed by atoms with Gasteiger partial charge in [0.05, 0.1) is 29.2 Å². The lowest BCUT2D eigenvalue weighted by Crippen LogP contribution is -2.36. The molecule has 162 valence electrons. The van der Waals surface area contributed by atoms with Crippen LogP contribution in [0.5, 0.6) is 5.75 Å². The Morgan fingerprint density at radius 2 is 1.97 bits per heavy atom. The number of thioether (sulfide) groups is 1. The number of aromatic nitrogens is 3. The third-order valence-corrected chi connectivity index (χ3v) is 6.02. The van der Waals surface area contributed by atoms with Gasteiger partial charge in [0.2, 0.25) is 0 Å². The molecule has 0 aliphatic rings. The molecule has 0 saturated carbocycles. The quantitative estimate of drug-likeness (QED) is 0.198. The summed E-state index contributed by atoms with van der Waals surface area (Å²) < 4.78 is 2.03. The minimum atomic E-state index is -0.276. The van der Waals surface area contributed by atoms with Crippen LogP contribution in [0, 0.1) is 6.92 Å². The summed E-state index contributed by atoms with van der Waals surface area (Å²) in [6.45, 7) is 4.80. The predicted octanol–water partition coefficient (Wildman–Crippen LogP) is 3.16. The predicted molar refractivity (Wildman–Crippen MR) is 124 cm³/mol. The van der Waals surface area contributed by atoms with Gasteiger partial charge in [-0.1, -0.05) is 59.8 Å². The van der Waals surface area contributed by atoms with Crippen LogP contribution in [0.25, 0.3) is 22.2 Å². The number of hydrogen-bond acceptors (Lipinski definition) is 5. The van der Waals surface area contributed by atoms with Gasteiger partial charge in [0.15, 0.2) is 0 Å². The number of hydrogen-bond donors (Lipinski definition) is 2. The summed E-state index contributed by atoms with van der Waals surface area (Å²) in [5.74, 6) is 0.629. The van der Waals surface area contributed by atoms with Crippen molar-refractivity contribution in [1.29, 1.82) is 0 Å². The van der Waals surface area contributed by atoms with Crippen molar-refractivity contribution in [1.82, 2.24) is 15.6 Å². The van der Waals surface area contributed by atoms with E-state index in [0.717, 1.165) is 33.9 Å². The van der Waals surface area contributed by atoms with Gasteiger partial charge in [-0.05, 0) is 54.1 Å². The summed E-state index contributed by atoms with van der Waals surface area (Å²) in [6, 6.07) is 19.1. The van der Waals surface area contributed by atoms with Crippen molar-refractivity contribution in [3.63, 3.8) is 0 Å². The van der Waals surface area contributed by atoms with Gasteiger partial charge < -0.3 is 5.11 Å². The molecule has 0 aliphatic heterocycles. The molecule has 0 unspecified atom stereocenters. The number of carbonyl (C=O) groups excluding carboxylic acids is 1. The van der Waals surface area contributed by atoms with E-state index in [1.54, 1.807) is 6.07 Å². The Morgan fingerprint density at radius 1 is 1.19 bits per heavy atom. The van der Waals surface area contributed by atoms with Gasteiger partial charge in [-0.25, -0.2) is 9.99 Å². The normalized spacial score (nSPS) is 11.3. The zero-order valence-electron chi connectivity index (χ0n) is 17.8. The Morgan fingerprint density at radius 3 is 2.75 bits per heavy atom. The van der Waals surface area contributed by atoms with Crippen molar-refractivity contribution in [2.75, 3.05) is 5.75 Å². The average Bonchev–Trinajstić information content (AvgIpc) is 3.22. The van der Waals surface area contributed by atoms with Crippen LogP contribution in [0.15, 0.2) is 70.9 Å². The fourth-order valence-corrected chi connectivity index (χ4v) is 4.20. The topological polar surface area (TPSA) is 97.1 Å². The summed E-state index contributed by atoms with van der Waals surface area (Å²) in [6.07, 6.45) is 1.41. The van der Waals surface area contributed by atoms with Crippen molar-refractivity contribution in [2.24, 2.45) is 5.10 Å². The smallest absolute Gasteiger partial charge is 0.337 e. The molecule has 4 rings (SSSR count). The molecule has 0 aliphatic carbocycles. The number of fused-ring (bicyclic) bond motifs is 1. The van der Waals surface area contributed by atoms with Crippen molar-refractivity contribution in [3.05, 3.63) is 71.8 Å². The first-order chi connectivity index (χ1) is 15.6. The van der Waals surface area contributed by atoms with Gasteiger partial charge in [-0.3, -0.25) is 4.79 Å². The molecule has 0 fully saturated rings. The number of nitrogens with zero attached hydrogens (tertiary/aromatic N) is 3. The van der Waals surface area contributed by atoms with E-state index in [1.165, 1.54) is 29.6 Å². The van der Waals surface area contributed by atoms with Crippen LogP contribution in [-0.4, -0.2) is 28.1 Å². The van der Waals surface area contributed by atoms with Crippen LogP contribution in [0.3, 0.4) is 0 Å². The maximum absolute atomic E-state index is 12.3. The summed E-state index contributed by atoms with van der Waals surface area (Å²) in [7, 11) is 0. The first kappa shape index (κ1) is 21.6. The lowest BCUT2D eigenvalue weighted by Gasteiger charge is -2.12. The molecule has 0 atom stereocenters. The second-order valence-electron chi connectivity index (χ2n) is 7.25. The molecule has 3 aromatic carbocycles. The summed E-state index contributed by atoms with van der Waals surface area (Å²) >= 11 is 1.32. The minimum absolute atomic E-state index is 0.139. The van der Waals surface area contributed by atoms with Gasteiger partial charge in [0.25, 0.3) is 11.7 Å². The van der Waals surface area contributed by atoms with Gasteiger partial charge in [-0.2, -0.15) is 5.10 Å². The van der Waals surface area contributed by atoms with Crippen LogP contribution in [0.1, 0.15) is 18.1 Å². The van der Waals surface area contributed by atoms with E-state index >= 15 is 0 Å². The van der Waals surface area contributed by atoms with E-state index in [2.05, 4.69) is 32.9 Å². The zero-order chi connectivity index (χ0) is 22.5. The highest BCUT2D eigenvalue weighted by molar-refractivity contribution is 7.99. The zero-order valence-corrected chi connectivity index (χ0v) is 18.6. The molecule has 7 nitrogen and oxygen atoms in total. The molecule has 2 N–H and O–H groups in total. The molecular formula is C24H23N5O2S. The van der Waals surface area contributed by atoms with E-state index in [-0.39, 0.29) is 17.4 Å². The highest BCUT2D eigenvalue weighted by Crippen LogP contribution is 2.23. The van der Waals surface area contributed by atoms with Gasteiger partial charge in [-0.15, -0.1) is 5.10 Å². The standard InChI is InChI=1S/C24H23N5O2S/c1-3-29-23(18-10-8-16(2)9-11-18)27-28-24(29)32-15-22(31)26-25-14-20-19-7-5-4-6-17(19)12-13-21(20)30/h4-14H,3,15H2,1-2H3,(H2,25,26,30,31). The van der Waals surface area contributed by atoms with E-state index < -0.39 is 0 Å². The van der Waals surface area contributed by atoms with Crippen LogP contribution in [-0.2, 0) is 11.3 Å². The molecule has 0 saturated heterocycles. The number of amides is 1. The van der Waals surface area contributed by atoms with E-state index in [4.69, 9.17) is 0 Å². The molecule has 1 heterocycles. The van der Waals surface area contributed by atoms with Crippen LogP contribution in [0.4, 0.5) is 0 Å². The third-order valence-electron chi connectivity index (χ3n) is 5.05. The number of benzene rings is 3. The van der Waals surface area contributed by atoms with E-state index in [1.807, 2.05) is 54.8 Å². The number of H-pyrrole nitrogens is 1. The number of nitrogens with one attached hydrogen (secondary N) is 2. The Bertz CT molecular complexity index is 1280. The highest BCUT2D eigenvalue weighted by atomic mass is 32.2. The molecule has 1 amide bonds. The molecule has 4 aromatic rings. The number of aromatic amines is 1. The Balaban J connectivity index is 1.41. The van der Waals surface area contributed by atoms with Crippen LogP contribution >= 0.6 is 11.8 Å². The summed E-state index contributed by atoms with van der Waals surface area (Å²) in [4.78, 5) is 12.3. The number of hydrazone groups is 1. The highest BCUT2D eigenvalue weighted by Gasteiger charge is 2.21. The van der Waals surface area contributed by atoms with E-state index in [0.29, 0.717) is 5.56 Å². The summed E-state index contributed by atoms with van der Waals surface area (Å²) in [5, 5.41) is 26.1. The van der Waals surface area contributed by atoms with Gasteiger partial charge >= 0.3 is 5.16 Å². The molecule has 0 bridgehead atoms. The second kappa shape index (κ2) is 9.65. The minimum Gasteiger partial charge on any atom is -0.872 e. The monoisotopic (exact) mass is 445 g/mol. The van der Waals surface area contributed by atoms with Crippen molar-refractivity contribution in [3.8, 4) is 17.1 Å². The molecule has 0 radical (unpaired) electrons. The van der Waals surface area contributed by atoms with Crippen LogP contribution < -0.4 is 15.1 Å². The molecule has 0 spiro atoms. The molecule has 8 heteroatoms. The third kappa shape index (κ3) is 4.65. The van der Waals surface area contributed by atoms with Crippen molar-refractivity contribution < 1.29 is 14.5 Å². The lowest BCUT2D eigenvalue weighted by molar-refractivity contribution is -0.719. The Hall–Kier alpha value is -3.65. The largest absolute Gasteiger partial charge is 0.872 e. The number of aryl methyl sites for hydroxylation is 1. The van der Waals surface area contributed by atoms with Gasteiger partial charge in [0.1, 0.15) is 0 Å². The van der Waals surface area contributed by atoms with E-state index in [9.17, 15) is 9.90 Å². The first-order valence-corrected chi connectivity index (χ1v) is 11.2. The Kier molecular flexibility index (Phi) is 6.51.